The van der Waals surface area contributed by atoms with Crippen LogP contribution in [0, 0.1) is 0 Å². The summed E-state index contributed by atoms with van der Waals surface area (Å²) in [4.78, 5) is 4.38. The second kappa shape index (κ2) is 7.40. The van der Waals surface area contributed by atoms with Crippen LogP contribution in [-0.2, 0) is 11.2 Å². The first-order chi connectivity index (χ1) is 8.24. The Morgan fingerprint density at radius 3 is 2.71 bits per heavy atom. The summed E-state index contributed by atoms with van der Waals surface area (Å²) in [7, 11) is 3.62. The van der Waals surface area contributed by atoms with E-state index in [4.69, 9.17) is 9.26 Å². The van der Waals surface area contributed by atoms with Crippen LogP contribution in [0.15, 0.2) is 4.52 Å². The fourth-order valence-electron chi connectivity index (χ4n) is 1.84. The smallest absolute Gasteiger partial charge is 0.228 e. The first-order valence-electron chi connectivity index (χ1n) is 6.27. The number of ether oxygens (including phenoxy) is 1. The average Bonchev–Trinajstić information content (AvgIpc) is 2.79. The Morgan fingerprint density at radius 2 is 2.18 bits per heavy atom. The summed E-state index contributed by atoms with van der Waals surface area (Å²) in [6, 6.07) is 0.399. The number of methoxy groups -OCH3 is 1. The molecule has 1 aromatic heterocycles. The van der Waals surface area contributed by atoms with Crippen molar-refractivity contribution in [1.29, 1.82) is 0 Å². The lowest BCUT2D eigenvalue weighted by Gasteiger charge is -2.11. The third-order valence-electron chi connectivity index (χ3n) is 2.89. The third kappa shape index (κ3) is 4.09. The van der Waals surface area contributed by atoms with Crippen LogP contribution >= 0.6 is 0 Å². The van der Waals surface area contributed by atoms with Crippen molar-refractivity contribution < 1.29 is 9.26 Å². The largest absolute Gasteiger partial charge is 0.373 e. The van der Waals surface area contributed by atoms with E-state index in [1.54, 1.807) is 7.11 Å². The maximum absolute atomic E-state index is 5.28. The number of aromatic nitrogens is 2. The number of likely N-dealkylation sites (N-methyl/N-ethyl adjacent to an activating group) is 1. The van der Waals surface area contributed by atoms with Crippen molar-refractivity contribution in [2.24, 2.45) is 0 Å². The van der Waals surface area contributed by atoms with E-state index in [0.717, 1.165) is 25.7 Å². The quantitative estimate of drug-likeness (QED) is 0.755. The first-order valence-corrected chi connectivity index (χ1v) is 6.27. The standard InChI is InChI=1S/C12H23N3O2/c1-5-7-9(13-3)8-11-14-12(15-17-11)10(6-2)16-4/h9-10,13H,5-8H2,1-4H3. The van der Waals surface area contributed by atoms with Gasteiger partial charge in [-0.1, -0.05) is 25.4 Å². The molecule has 0 aliphatic rings. The minimum Gasteiger partial charge on any atom is -0.373 e. The summed E-state index contributed by atoms with van der Waals surface area (Å²) >= 11 is 0. The van der Waals surface area contributed by atoms with Gasteiger partial charge in [-0.3, -0.25) is 0 Å². The molecular weight excluding hydrogens is 218 g/mol. The lowest BCUT2D eigenvalue weighted by Crippen LogP contribution is -2.27. The number of rotatable bonds is 8. The van der Waals surface area contributed by atoms with Gasteiger partial charge in [0.25, 0.3) is 0 Å². The maximum atomic E-state index is 5.28. The van der Waals surface area contributed by atoms with E-state index in [-0.39, 0.29) is 6.10 Å². The van der Waals surface area contributed by atoms with Crippen LogP contribution < -0.4 is 5.32 Å². The predicted octanol–water partition coefficient (Wildman–Crippen LogP) is 2.10. The van der Waals surface area contributed by atoms with Gasteiger partial charge >= 0.3 is 0 Å². The predicted molar refractivity (Wildman–Crippen MR) is 65.8 cm³/mol. The molecule has 0 amide bonds. The van der Waals surface area contributed by atoms with Crippen LogP contribution in [0.25, 0.3) is 0 Å². The highest BCUT2D eigenvalue weighted by Crippen LogP contribution is 2.17. The van der Waals surface area contributed by atoms with Gasteiger partial charge in [-0.05, 0) is 19.9 Å². The molecule has 0 radical (unpaired) electrons. The normalized spacial score (nSPS) is 14.8. The molecule has 0 spiro atoms. The van der Waals surface area contributed by atoms with Gasteiger partial charge in [-0.2, -0.15) is 4.98 Å². The summed E-state index contributed by atoms with van der Waals surface area (Å²) in [6.07, 6.45) is 3.81. The molecule has 0 aliphatic heterocycles. The number of nitrogens with one attached hydrogen (secondary N) is 1. The fourth-order valence-corrected chi connectivity index (χ4v) is 1.84. The number of hydrogen-bond donors (Lipinski definition) is 1. The topological polar surface area (TPSA) is 60.2 Å². The Morgan fingerprint density at radius 1 is 1.41 bits per heavy atom. The molecule has 98 valence electrons. The second-order valence-corrected chi connectivity index (χ2v) is 4.16. The van der Waals surface area contributed by atoms with Crippen molar-refractivity contribution in [3.63, 3.8) is 0 Å². The van der Waals surface area contributed by atoms with Crippen LogP contribution in [-0.4, -0.2) is 30.3 Å². The molecule has 0 saturated heterocycles. The van der Waals surface area contributed by atoms with Crippen molar-refractivity contribution in [3.05, 3.63) is 11.7 Å². The zero-order valence-electron chi connectivity index (χ0n) is 11.2. The Labute approximate surface area is 103 Å². The second-order valence-electron chi connectivity index (χ2n) is 4.16. The van der Waals surface area contributed by atoms with Gasteiger partial charge in [0.05, 0.1) is 0 Å². The van der Waals surface area contributed by atoms with Gasteiger partial charge in [-0.25, -0.2) is 0 Å². The molecule has 0 fully saturated rings. The van der Waals surface area contributed by atoms with Crippen LogP contribution in [0.4, 0.5) is 0 Å². The highest BCUT2D eigenvalue weighted by molar-refractivity contribution is 4.93. The van der Waals surface area contributed by atoms with Crippen molar-refractivity contribution in [2.75, 3.05) is 14.2 Å². The molecule has 5 heteroatoms. The summed E-state index contributed by atoms with van der Waals surface area (Å²) in [5.74, 6) is 1.33. The Balaban J connectivity index is 2.60. The van der Waals surface area contributed by atoms with E-state index in [1.807, 2.05) is 14.0 Å². The van der Waals surface area contributed by atoms with E-state index in [0.29, 0.717) is 17.8 Å². The molecule has 2 atom stereocenters. The summed E-state index contributed by atoms with van der Waals surface area (Å²) < 4.78 is 10.5. The molecule has 0 aromatic carbocycles. The van der Waals surface area contributed by atoms with Gasteiger partial charge in [0.2, 0.25) is 11.7 Å². The van der Waals surface area contributed by atoms with Crippen molar-refractivity contribution in [3.8, 4) is 0 Å². The van der Waals surface area contributed by atoms with Crippen molar-refractivity contribution in [1.82, 2.24) is 15.5 Å². The number of nitrogens with zero attached hydrogens (tertiary/aromatic N) is 2. The molecule has 0 bridgehead atoms. The average molecular weight is 241 g/mol. The van der Waals surface area contributed by atoms with Crippen molar-refractivity contribution in [2.45, 2.75) is 51.7 Å². The van der Waals surface area contributed by atoms with Gasteiger partial charge in [0, 0.05) is 19.6 Å². The Bertz CT molecular complexity index is 310. The highest BCUT2D eigenvalue weighted by Gasteiger charge is 2.17. The van der Waals surface area contributed by atoms with Crippen LogP contribution in [0.1, 0.15) is 50.9 Å². The molecular formula is C12H23N3O2. The SMILES string of the molecule is CCCC(Cc1nc(C(CC)OC)no1)NC. The minimum absolute atomic E-state index is 0.0632. The molecule has 1 aromatic rings. The van der Waals surface area contributed by atoms with Gasteiger partial charge < -0.3 is 14.6 Å². The minimum atomic E-state index is -0.0632. The summed E-state index contributed by atoms with van der Waals surface area (Å²) in [5.41, 5.74) is 0. The Hall–Kier alpha value is -0.940. The number of hydrogen-bond acceptors (Lipinski definition) is 5. The fraction of sp³-hybridized carbons (Fsp3) is 0.833. The lowest BCUT2D eigenvalue weighted by atomic mass is 10.1. The third-order valence-corrected chi connectivity index (χ3v) is 2.89. The van der Waals surface area contributed by atoms with Gasteiger partial charge in [-0.15, -0.1) is 0 Å². The molecule has 5 nitrogen and oxygen atoms in total. The monoisotopic (exact) mass is 241 g/mol. The zero-order valence-corrected chi connectivity index (χ0v) is 11.2. The lowest BCUT2D eigenvalue weighted by molar-refractivity contribution is 0.0903. The molecule has 2 unspecified atom stereocenters. The summed E-state index contributed by atoms with van der Waals surface area (Å²) in [6.45, 7) is 4.21. The van der Waals surface area contributed by atoms with Crippen molar-refractivity contribution >= 4 is 0 Å². The highest BCUT2D eigenvalue weighted by atomic mass is 16.5. The summed E-state index contributed by atoms with van der Waals surface area (Å²) in [5, 5.41) is 7.23. The van der Waals surface area contributed by atoms with E-state index < -0.39 is 0 Å². The zero-order chi connectivity index (χ0) is 12.7. The van der Waals surface area contributed by atoms with E-state index in [9.17, 15) is 0 Å². The molecule has 1 heterocycles. The first kappa shape index (κ1) is 14.1. The Kier molecular flexibility index (Phi) is 6.15. The van der Waals surface area contributed by atoms with Crippen LogP contribution in [0.2, 0.25) is 0 Å². The van der Waals surface area contributed by atoms with E-state index in [2.05, 4.69) is 22.4 Å². The molecule has 0 saturated carbocycles. The molecule has 1 N–H and O–H groups in total. The molecule has 0 aliphatic carbocycles. The van der Waals surface area contributed by atoms with Crippen LogP contribution in [0.5, 0.6) is 0 Å². The maximum Gasteiger partial charge on any atom is 0.228 e. The molecule has 17 heavy (non-hydrogen) atoms. The van der Waals surface area contributed by atoms with Crippen LogP contribution in [0.3, 0.4) is 0 Å². The van der Waals surface area contributed by atoms with Gasteiger partial charge in [0.1, 0.15) is 6.10 Å². The van der Waals surface area contributed by atoms with E-state index >= 15 is 0 Å². The van der Waals surface area contributed by atoms with E-state index in [1.165, 1.54) is 0 Å². The van der Waals surface area contributed by atoms with Gasteiger partial charge in [0.15, 0.2) is 0 Å². The molecule has 1 rings (SSSR count).